The number of methoxy groups -OCH3 is 1. The van der Waals surface area contributed by atoms with Crippen LogP contribution in [-0.2, 0) is 14.3 Å². The van der Waals surface area contributed by atoms with Gasteiger partial charge in [0, 0.05) is 13.5 Å². The number of carbonyl (C=O) groups excluding carboxylic acids is 1. The summed E-state index contributed by atoms with van der Waals surface area (Å²) in [7, 11) is 1.60. The lowest BCUT2D eigenvalue weighted by Crippen LogP contribution is -2.09. The van der Waals surface area contributed by atoms with E-state index in [1.54, 1.807) is 7.11 Å². The molecule has 0 atom stereocenters. The molecule has 3 heteroatoms. The van der Waals surface area contributed by atoms with E-state index in [-0.39, 0.29) is 5.97 Å². The number of ether oxygens (including phenoxy) is 2. The third-order valence-corrected chi connectivity index (χ3v) is 4.16. The van der Waals surface area contributed by atoms with E-state index in [4.69, 9.17) is 9.47 Å². The molecule has 3 nitrogen and oxygen atoms in total. The van der Waals surface area contributed by atoms with Crippen LogP contribution in [0.2, 0.25) is 0 Å². The minimum Gasteiger partial charge on any atom is -0.463 e. The van der Waals surface area contributed by atoms with E-state index >= 15 is 0 Å². The van der Waals surface area contributed by atoms with Crippen LogP contribution in [0.1, 0.15) is 90.4 Å². The van der Waals surface area contributed by atoms with E-state index in [0.29, 0.717) is 19.6 Å². The summed E-state index contributed by atoms with van der Waals surface area (Å²) in [6.45, 7) is 3.11. The second-order valence-electron chi connectivity index (χ2n) is 6.58. The van der Waals surface area contributed by atoms with Gasteiger partial charge in [-0.3, -0.25) is 4.79 Å². The van der Waals surface area contributed by atoms with Crippen LogP contribution in [0.5, 0.6) is 0 Å². The van der Waals surface area contributed by atoms with Crippen LogP contribution in [0, 0.1) is 0 Å². The number of unbranched alkanes of at least 4 members (excludes halogenated alkanes) is 10. The van der Waals surface area contributed by atoms with Crippen molar-refractivity contribution in [1.82, 2.24) is 0 Å². The quantitative estimate of drug-likeness (QED) is 0.163. The monoisotopic (exact) mass is 352 g/mol. The van der Waals surface area contributed by atoms with Gasteiger partial charge in [-0.15, -0.1) is 0 Å². The topological polar surface area (TPSA) is 35.5 Å². The number of esters is 1. The van der Waals surface area contributed by atoms with Gasteiger partial charge in [0.1, 0.15) is 6.61 Å². The van der Waals surface area contributed by atoms with Crippen LogP contribution in [-0.4, -0.2) is 26.3 Å². The molecule has 0 saturated carbocycles. The van der Waals surface area contributed by atoms with Gasteiger partial charge in [-0.2, -0.15) is 0 Å². The van der Waals surface area contributed by atoms with Crippen LogP contribution < -0.4 is 0 Å². The van der Waals surface area contributed by atoms with Crippen molar-refractivity contribution >= 4 is 5.97 Å². The van der Waals surface area contributed by atoms with Crippen LogP contribution in [0.3, 0.4) is 0 Å². The molecular formula is C22H40O3. The minimum absolute atomic E-state index is 0.104. The zero-order chi connectivity index (χ0) is 18.4. The van der Waals surface area contributed by atoms with Crippen molar-refractivity contribution in [1.29, 1.82) is 0 Å². The summed E-state index contributed by atoms with van der Waals surface area (Å²) in [5.41, 5.74) is 0. The molecule has 0 saturated heterocycles. The van der Waals surface area contributed by atoms with Crippen molar-refractivity contribution in [2.24, 2.45) is 0 Å². The van der Waals surface area contributed by atoms with Gasteiger partial charge in [0.15, 0.2) is 0 Å². The van der Waals surface area contributed by atoms with Crippen molar-refractivity contribution in [3.05, 3.63) is 24.3 Å². The van der Waals surface area contributed by atoms with Crippen molar-refractivity contribution in [2.75, 3.05) is 20.3 Å². The zero-order valence-corrected chi connectivity index (χ0v) is 16.6. The molecule has 0 heterocycles. The van der Waals surface area contributed by atoms with Gasteiger partial charge in [0.2, 0.25) is 0 Å². The van der Waals surface area contributed by atoms with Gasteiger partial charge in [-0.25, -0.2) is 0 Å². The normalized spacial score (nSPS) is 11.6. The smallest absolute Gasteiger partial charge is 0.305 e. The van der Waals surface area contributed by atoms with Gasteiger partial charge in [-0.1, -0.05) is 76.2 Å². The number of carbonyl (C=O) groups is 1. The maximum Gasteiger partial charge on any atom is 0.305 e. The molecule has 0 fully saturated rings. The molecule has 25 heavy (non-hydrogen) atoms. The largest absolute Gasteiger partial charge is 0.463 e. The van der Waals surface area contributed by atoms with Gasteiger partial charge in [0.25, 0.3) is 0 Å². The maximum absolute atomic E-state index is 11.4. The van der Waals surface area contributed by atoms with Crippen LogP contribution in [0.25, 0.3) is 0 Å². The molecule has 0 unspecified atom stereocenters. The molecule has 0 spiro atoms. The first-order chi connectivity index (χ1) is 12.3. The Morgan fingerprint density at radius 2 is 1.32 bits per heavy atom. The van der Waals surface area contributed by atoms with Gasteiger partial charge in [-0.05, 0) is 32.1 Å². The highest BCUT2D eigenvalue weighted by Gasteiger charge is 2.01. The molecule has 0 aliphatic heterocycles. The van der Waals surface area contributed by atoms with Crippen LogP contribution in [0.15, 0.2) is 24.3 Å². The Labute approximate surface area is 155 Å². The Hall–Kier alpha value is -1.09. The summed E-state index contributed by atoms with van der Waals surface area (Å²) < 4.78 is 9.86. The molecular weight excluding hydrogens is 312 g/mol. The molecule has 0 aliphatic carbocycles. The summed E-state index contributed by atoms with van der Waals surface area (Å²) >= 11 is 0. The first-order valence-electron chi connectivity index (χ1n) is 10.3. The first-order valence-corrected chi connectivity index (χ1v) is 10.3. The fourth-order valence-corrected chi connectivity index (χ4v) is 2.59. The summed E-state index contributed by atoms with van der Waals surface area (Å²) in [6, 6.07) is 0. The Bertz CT molecular complexity index is 334. The Morgan fingerprint density at radius 1 is 0.760 bits per heavy atom. The van der Waals surface area contributed by atoms with Gasteiger partial charge in [0.05, 0.1) is 6.61 Å². The highest BCUT2D eigenvalue weighted by molar-refractivity contribution is 5.69. The third-order valence-electron chi connectivity index (χ3n) is 4.16. The lowest BCUT2D eigenvalue weighted by molar-refractivity contribution is -0.145. The maximum atomic E-state index is 11.4. The molecule has 0 aromatic carbocycles. The van der Waals surface area contributed by atoms with E-state index in [1.165, 1.54) is 57.8 Å². The molecule has 0 bridgehead atoms. The minimum atomic E-state index is -0.104. The summed E-state index contributed by atoms with van der Waals surface area (Å²) in [5.74, 6) is -0.104. The van der Waals surface area contributed by atoms with E-state index in [0.717, 1.165) is 19.3 Å². The van der Waals surface area contributed by atoms with E-state index in [2.05, 4.69) is 31.2 Å². The van der Waals surface area contributed by atoms with E-state index in [9.17, 15) is 4.79 Å². The molecule has 0 radical (unpaired) electrons. The van der Waals surface area contributed by atoms with Crippen molar-refractivity contribution in [3.8, 4) is 0 Å². The molecule has 0 aromatic heterocycles. The van der Waals surface area contributed by atoms with Gasteiger partial charge < -0.3 is 9.47 Å². The SMILES string of the molecule is CCCCCCCCC=CC=CCCCCCCC(=O)OCCOC. The fraction of sp³-hybridized carbons (Fsp3) is 0.773. The number of rotatable bonds is 18. The molecule has 146 valence electrons. The number of allylic oxidation sites excluding steroid dienone is 4. The predicted molar refractivity (Wildman–Crippen MR) is 107 cm³/mol. The average Bonchev–Trinajstić information content (AvgIpc) is 2.61. The van der Waals surface area contributed by atoms with Crippen molar-refractivity contribution in [2.45, 2.75) is 90.4 Å². The lowest BCUT2D eigenvalue weighted by atomic mass is 10.1. The van der Waals surface area contributed by atoms with E-state index in [1.807, 2.05) is 0 Å². The third kappa shape index (κ3) is 20.9. The Kier molecular flexibility index (Phi) is 20.0. The van der Waals surface area contributed by atoms with Gasteiger partial charge >= 0.3 is 5.97 Å². The summed E-state index contributed by atoms with van der Waals surface area (Å²) in [5, 5.41) is 0. The fourth-order valence-electron chi connectivity index (χ4n) is 2.59. The van der Waals surface area contributed by atoms with Crippen LogP contribution in [0.4, 0.5) is 0 Å². The first kappa shape index (κ1) is 23.9. The Balaban J connectivity index is 3.27. The highest BCUT2D eigenvalue weighted by atomic mass is 16.6. The second kappa shape index (κ2) is 21.0. The van der Waals surface area contributed by atoms with Crippen molar-refractivity contribution in [3.63, 3.8) is 0 Å². The molecule has 0 aromatic rings. The van der Waals surface area contributed by atoms with Crippen molar-refractivity contribution < 1.29 is 14.3 Å². The average molecular weight is 353 g/mol. The number of hydrogen-bond acceptors (Lipinski definition) is 3. The van der Waals surface area contributed by atoms with E-state index < -0.39 is 0 Å². The standard InChI is InChI=1S/C22H40O3/c1-3-4-5-6-7-8-9-10-11-12-13-14-15-16-17-18-19-22(23)25-21-20-24-2/h10-13H,3-9,14-21H2,1-2H3. The molecule has 0 amide bonds. The Morgan fingerprint density at radius 3 is 1.92 bits per heavy atom. The number of hydrogen-bond donors (Lipinski definition) is 0. The summed E-state index contributed by atoms with van der Waals surface area (Å²) in [6.07, 6.45) is 24.3. The predicted octanol–water partition coefficient (Wildman–Crippen LogP) is 6.38. The summed E-state index contributed by atoms with van der Waals surface area (Å²) in [4.78, 5) is 11.4. The zero-order valence-electron chi connectivity index (χ0n) is 16.6. The molecule has 0 rings (SSSR count). The van der Waals surface area contributed by atoms with Crippen LogP contribution >= 0.6 is 0 Å². The highest BCUT2D eigenvalue weighted by Crippen LogP contribution is 2.08. The molecule has 0 N–H and O–H groups in total. The lowest BCUT2D eigenvalue weighted by Gasteiger charge is -2.03. The molecule has 0 aliphatic rings. The second-order valence-corrected chi connectivity index (χ2v) is 6.58.